The molecule has 0 aliphatic carbocycles. The highest BCUT2D eigenvalue weighted by atomic mass is 35.5. The van der Waals surface area contributed by atoms with Gasteiger partial charge in [0.05, 0.1) is 22.7 Å². The second-order valence-corrected chi connectivity index (χ2v) is 9.49. The summed E-state index contributed by atoms with van der Waals surface area (Å²) in [6, 6.07) is 6.01. The fourth-order valence-corrected chi connectivity index (χ4v) is 5.15. The number of hydrogen-bond donors (Lipinski definition) is 0. The molecule has 31 heavy (non-hydrogen) atoms. The van der Waals surface area contributed by atoms with Gasteiger partial charge in [0.25, 0.3) is 0 Å². The number of sulfonamides is 1. The highest BCUT2D eigenvalue weighted by Crippen LogP contribution is 2.28. The van der Waals surface area contributed by atoms with Gasteiger partial charge in [0.2, 0.25) is 15.9 Å². The van der Waals surface area contributed by atoms with E-state index in [9.17, 15) is 30.8 Å². The third-order valence-corrected chi connectivity index (χ3v) is 7.12. The molecule has 1 fully saturated rings. The van der Waals surface area contributed by atoms with E-state index in [1.165, 1.54) is 18.4 Å². The lowest BCUT2D eigenvalue weighted by atomic mass is 9.96. The first-order valence-electron chi connectivity index (χ1n) is 9.30. The van der Waals surface area contributed by atoms with Gasteiger partial charge in [0.15, 0.2) is 0 Å². The van der Waals surface area contributed by atoms with E-state index >= 15 is 0 Å². The van der Waals surface area contributed by atoms with Crippen molar-refractivity contribution in [2.45, 2.75) is 30.5 Å². The van der Waals surface area contributed by atoms with Gasteiger partial charge in [-0.25, -0.2) is 12.8 Å². The molecule has 1 aromatic heterocycles. The summed E-state index contributed by atoms with van der Waals surface area (Å²) < 4.78 is 83.9. The molecule has 12 heteroatoms. The smallest absolute Gasteiger partial charge is 0.406 e. The first-order chi connectivity index (χ1) is 14.5. The van der Waals surface area contributed by atoms with Crippen molar-refractivity contribution in [3.05, 3.63) is 53.2 Å². The summed E-state index contributed by atoms with van der Waals surface area (Å²) in [6.45, 7) is -1.89. The molecule has 0 unspecified atom stereocenters. The lowest BCUT2D eigenvalue weighted by molar-refractivity contribution is -0.166. The van der Waals surface area contributed by atoms with Crippen LogP contribution in [-0.2, 0) is 21.4 Å². The maximum absolute atomic E-state index is 13.3. The zero-order valence-electron chi connectivity index (χ0n) is 16.1. The highest BCUT2D eigenvalue weighted by molar-refractivity contribution is 7.89. The van der Waals surface area contributed by atoms with Crippen LogP contribution in [0.3, 0.4) is 0 Å². The topological polar surface area (TPSA) is 70.8 Å². The van der Waals surface area contributed by atoms with Crippen LogP contribution in [0.15, 0.2) is 45.9 Å². The first-order valence-corrected chi connectivity index (χ1v) is 11.1. The molecule has 0 spiro atoms. The van der Waals surface area contributed by atoms with E-state index in [-0.39, 0.29) is 48.2 Å². The van der Waals surface area contributed by atoms with Crippen LogP contribution >= 0.6 is 11.6 Å². The predicted molar refractivity (Wildman–Crippen MR) is 103 cm³/mol. The minimum Gasteiger partial charge on any atom is -0.467 e. The monoisotopic (exact) mass is 482 g/mol. The van der Waals surface area contributed by atoms with Crippen molar-refractivity contribution >= 4 is 27.5 Å². The summed E-state index contributed by atoms with van der Waals surface area (Å²) in [5.41, 5.74) is 0. The van der Waals surface area contributed by atoms with Crippen molar-refractivity contribution in [3.8, 4) is 0 Å². The number of carbonyl (C=O) groups is 1. The molecule has 170 valence electrons. The van der Waals surface area contributed by atoms with Crippen molar-refractivity contribution in [2.24, 2.45) is 5.92 Å². The minimum atomic E-state index is -4.59. The summed E-state index contributed by atoms with van der Waals surface area (Å²) in [6.07, 6.45) is -3.18. The molecule has 0 N–H and O–H groups in total. The van der Waals surface area contributed by atoms with Crippen LogP contribution in [-0.4, -0.2) is 49.3 Å². The van der Waals surface area contributed by atoms with E-state index in [4.69, 9.17) is 16.0 Å². The molecule has 2 aromatic rings. The van der Waals surface area contributed by atoms with Gasteiger partial charge in [-0.3, -0.25) is 4.79 Å². The SMILES string of the molecule is O=C(C1CCN(S(=O)(=O)c2ccc(F)c(Cl)c2)CC1)N(Cc1ccco1)CC(F)(F)F. The number of amides is 1. The second-order valence-electron chi connectivity index (χ2n) is 7.14. The number of halogens is 5. The molecule has 0 radical (unpaired) electrons. The number of carbonyl (C=O) groups excluding carboxylic acids is 1. The second kappa shape index (κ2) is 9.17. The van der Waals surface area contributed by atoms with Gasteiger partial charge in [-0.05, 0) is 43.2 Å². The van der Waals surface area contributed by atoms with Crippen LogP contribution in [0.5, 0.6) is 0 Å². The largest absolute Gasteiger partial charge is 0.467 e. The zero-order chi connectivity index (χ0) is 22.8. The molecule has 1 saturated heterocycles. The lowest BCUT2D eigenvalue weighted by Gasteiger charge is -2.33. The number of furan rings is 1. The Balaban J connectivity index is 1.69. The maximum Gasteiger partial charge on any atom is 0.406 e. The van der Waals surface area contributed by atoms with Crippen LogP contribution in [0.1, 0.15) is 18.6 Å². The van der Waals surface area contributed by atoms with Crippen LogP contribution < -0.4 is 0 Å². The van der Waals surface area contributed by atoms with Crippen molar-refractivity contribution in [1.82, 2.24) is 9.21 Å². The van der Waals surface area contributed by atoms with Crippen LogP contribution in [0.2, 0.25) is 5.02 Å². The molecule has 1 aromatic carbocycles. The number of alkyl halides is 3. The molecule has 0 saturated carbocycles. The fourth-order valence-electron chi connectivity index (χ4n) is 3.41. The Morgan fingerprint density at radius 3 is 2.45 bits per heavy atom. The lowest BCUT2D eigenvalue weighted by Crippen LogP contribution is -2.46. The van der Waals surface area contributed by atoms with Gasteiger partial charge in [-0.15, -0.1) is 0 Å². The van der Waals surface area contributed by atoms with Gasteiger partial charge in [0, 0.05) is 19.0 Å². The molecule has 0 atom stereocenters. The third-order valence-electron chi connectivity index (χ3n) is 4.94. The zero-order valence-corrected chi connectivity index (χ0v) is 17.7. The quantitative estimate of drug-likeness (QED) is 0.582. The molecule has 2 heterocycles. The Morgan fingerprint density at radius 2 is 1.90 bits per heavy atom. The van der Waals surface area contributed by atoms with Crippen LogP contribution in [0.4, 0.5) is 17.6 Å². The van der Waals surface area contributed by atoms with Gasteiger partial charge < -0.3 is 9.32 Å². The van der Waals surface area contributed by atoms with Crippen molar-refractivity contribution in [3.63, 3.8) is 0 Å². The number of hydrogen-bond acceptors (Lipinski definition) is 4. The highest BCUT2D eigenvalue weighted by Gasteiger charge is 2.38. The van der Waals surface area contributed by atoms with Gasteiger partial charge in [-0.2, -0.15) is 17.5 Å². The van der Waals surface area contributed by atoms with Gasteiger partial charge in [0.1, 0.15) is 18.1 Å². The predicted octanol–water partition coefficient (Wildman–Crippen LogP) is 4.06. The van der Waals surface area contributed by atoms with E-state index in [1.54, 1.807) is 0 Å². The summed E-state index contributed by atoms with van der Waals surface area (Å²) >= 11 is 5.66. The summed E-state index contributed by atoms with van der Waals surface area (Å²) in [7, 11) is -3.98. The first kappa shape index (κ1) is 23.6. The molecule has 1 aliphatic rings. The van der Waals surface area contributed by atoms with E-state index in [2.05, 4.69) is 0 Å². The van der Waals surface area contributed by atoms with E-state index < -0.39 is 40.4 Å². The number of rotatable bonds is 6. The Hall–Kier alpha value is -2.11. The Morgan fingerprint density at radius 1 is 1.23 bits per heavy atom. The number of benzene rings is 1. The van der Waals surface area contributed by atoms with Crippen molar-refractivity contribution in [2.75, 3.05) is 19.6 Å². The van der Waals surface area contributed by atoms with Gasteiger partial charge in [-0.1, -0.05) is 11.6 Å². The minimum absolute atomic E-state index is 0.0551. The Bertz CT molecular complexity index is 1020. The normalized spacial score (nSPS) is 16.4. The van der Waals surface area contributed by atoms with Crippen molar-refractivity contribution in [1.29, 1.82) is 0 Å². The Kier molecular flexibility index (Phi) is 6.97. The molecule has 1 aliphatic heterocycles. The number of nitrogens with zero attached hydrogens (tertiary/aromatic N) is 2. The summed E-state index contributed by atoms with van der Waals surface area (Å²) in [4.78, 5) is 13.2. The average Bonchev–Trinajstić information content (AvgIpc) is 3.21. The summed E-state index contributed by atoms with van der Waals surface area (Å²) in [5.74, 6) is -2.02. The third kappa shape index (κ3) is 5.78. The van der Waals surface area contributed by atoms with E-state index in [0.29, 0.717) is 4.90 Å². The molecule has 1 amide bonds. The molecule has 3 rings (SSSR count). The van der Waals surface area contributed by atoms with Crippen LogP contribution in [0, 0.1) is 11.7 Å². The Labute approximate surface area is 181 Å². The van der Waals surface area contributed by atoms with Crippen molar-refractivity contribution < 1.29 is 35.2 Å². The van der Waals surface area contributed by atoms with Gasteiger partial charge >= 0.3 is 6.18 Å². The number of piperidine rings is 1. The molecule has 6 nitrogen and oxygen atoms in total. The van der Waals surface area contributed by atoms with E-state index in [1.807, 2.05) is 0 Å². The van der Waals surface area contributed by atoms with Crippen LogP contribution in [0.25, 0.3) is 0 Å². The summed E-state index contributed by atoms with van der Waals surface area (Å²) in [5, 5.41) is -0.341. The molecule has 0 bridgehead atoms. The standard InChI is InChI=1S/C19H19ClF4N2O4S/c20-16-10-15(3-4-17(16)21)31(28,29)26-7-5-13(6-8-26)18(27)25(12-19(22,23)24)11-14-2-1-9-30-14/h1-4,9-10,13H,5-8,11-12H2. The fraction of sp³-hybridized carbons (Fsp3) is 0.421. The molecular formula is C19H19ClF4N2O4S. The molecular weight excluding hydrogens is 464 g/mol. The van der Waals surface area contributed by atoms with E-state index in [0.717, 1.165) is 22.5 Å². The average molecular weight is 483 g/mol. The maximum atomic E-state index is 13.3.